The van der Waals surface area contributed by atoms with Gasteiger partial charge in [-0.2, -0.15) is 4.98 Å². The summed E-state index contributed by atoms with van der Waals surface area (Å²) in [4.78, 5) is 8.25. The highest BCUT2D eigenvalue weighted by atomic mass is 16.5. The Hall–Kier alpha value is -3.28. The van der Waals surface area contributed by atoms with E-state index < -0.39 is 0 Å². The minimum atomic E-state index is 0.302. The van der Waals surface area contributed by atoms with Gasteiger partial charge in [0.2, 0.25) is 5.88 Å². The zero-order valence-corrected chi connectivity index (χ0v) is 12.6. The van der Waals surface area contributed by atoms with Gasteiger partial charge in [-0.05, 0) is 24.3 Å². The van der Waals surface area contributed by atoms with Crippen molar-refractivity contribution in [3.8, 4) is 17.4 Å². The lowest BCUT2D eigenvalue weighted by molar-refractivity contribution is 0.415. The lowest BCUT2D eigenvalue weighted by Gasteiger charge is -2.12. The first-order chi connectivity index (χ1) is 11.3. The first-order valence-electron chi connectivity index (χ1n) is 7.00. The van der Waals surface area contributed by atoms with Gasteiger partial charge in [0.15, 0.2) is 5.82 Å². The van der Waals surface area contributed by atoms with Crippen LogP contribution in [0.5, 0.6) is 17.4 Å². The van der Waals surface area contributed by atoms with Gasteiger partial charge in [0.1, 0.15) is 23.5 Å². The molecule has 3 N–H and O–H groups in total. The maximum atomic E-state index is 6.11. The highest BCUT2D eigenvalue weighted by Crippen LogP contribution is 2.31. The number of nitrogen functional groups attached to an aromatic ring is 1. The van der Waals surface area contributed by atoms with Gasteiger partial charge in [-0.15, -0.1) is 0 Å². The third-order valence-electron chi connectivity index (χ3n) is 3.14. The fourth-order valence-corrected chi connectivity index (χ4v) is 2.00. The van der Waals surface area contributed by atoms with E-state index in [9.17, 15) is 0 Å². The van der Waals surface area contributed by atoms with Crippen LogP contribution in [-0.4, -0.2) is 17.1 Å². The Morgan fingerprint density at radius 3 is 2.52 bits per heavy atom. The second-order valence-corrected chi connectivity index (χ2v) is 4.71. The summed E-state index contributed by atoms with van der Waals surface area (Å²) in [5.41, 5.74) is 7.24. The largest absolute Gasteiger partial charge is 0.497 e. The maximum absolute atomic E-state index is 6.11. The van der Waals surface area contributed by atoms with Gasteiger partial charge in [0, 0.05) is 11.8 Å². The van der Waals surface area contributed by atoms with E-state index in [0.717, 1.165) is 11.4 Å². The van der Waals surface area contributed by atoms with Crippen LogP contribution in [0.4, 0.5) is 17.2 Å². The summed E-state index contributed by atoms with van der Waals surface area (Å²) in [6.45, 7) is 0. The molecule has 6 heteroatoms. The Morgan fingerprint density at radius 2 is 1.74 bits per heavy atom. The summed E-state index contributed by atoms with van der Waals surface area (Å²) in [6, 6.07) is 16.8. The summed E-state index contributed by atoms with van der Waals surface area (Å²) >= 11 is 0. The Labute approximate surface area is 133 Å². The zero-order chi connectivity index (χ0) is 16.1. The van der Waals surface area contributed by atoms with E-state index in [0.29, 0.717) is 23.1 Å². The monoisotopic (exact) mass is 308 g/mol. The summed E-state index contributed by atoms with van der Waals surface area (Å²) in [5, 5.41) is 3.14. The molecule has 23 heavy (non-hydrogen) atoms. The summed E-state index contributed by atoms with van der Waals surface area (Å²) in [7, 11) is 1.62. The Morgan fingerprint density at radius 1 is 0.957 bits per heavy atom. The van der Waals surface area contributed by atoms with E-state index in [-0.39, 0.29) is 0 Å². The fraction of sp³-hybridized carbons (Fsp3) is 0.0588. The molecule has 6 nitrogen and oxygen atoms in total. The molecule has 0 atom stereocenters. The van der Waals surface area contributed by atoms with Gasteiger partial charge in [-0.3, -0.25) is 0 Å². The topological polar surface area (TPSA) is 82.3 Å². The lowest BCUT2D eigenvalue weighted by atomic mass is 10.3. The minimum Gasteiger partial charge on any atom is -0.497 e. The van der Waals surface area contributed by atoms with Crippen LogP contribution in [-0.2, 0) is 0 Å². The van der Waals surface area contributed by atoms with Crippen molar-refractivity contribution in [2.24, 2.45) is 0 Å². The Kier molecular flexibility index (Phi) is 4.24. The molecule has 0 aliphatic carbocycles. The van der Waals surface area contributed by atoms with E-state index in [2.05, 4.69) is 15.3 Å². The van der Waals surface area contributed by atoms with E-state index >= 15 is 0 Å². The SMILES string of the molecule is COc1cccc(Nc2ncnc(Oc3ccccc3)c2N)c1. The molecule has 0 saturated heterocycles. The first kappa shape index (κ1) is 14.6. The van der Waals surface area contributed by atoms with Gasteiger partial charge in [0.25, 0.3) is 0 Å². The predicted molar refractivity (Wildman–Crippen MR) is 89.2 cm³/mol. The van der Waals surface area contributed by atoms with Crippen molar-refractivity contribution in [3.63, 3.8) is 0 Å². The number of methoxy groups -OCH3 is 1. The molecular weight excluding hydrogens is 292 g/mol. The molecule has 2 aromatic carbocycles. The lowest BCUT2D eigenvalue weighted by Crippen LogP contribution is -2.03. The summed E-state index contributed by atoms with van der Waals surface area (Å²) in [5.74, 6) is 2.17. The number of hydrogen-bond donors (Lipinski definition) is 2. The normalized spacial score (nSPS) is 10.1. The Balaban J connectivity index is 1.84. The van der Waals surface area contributed by atoms with Crippen molar-refractivity contribution < 1.29 is 9.47 Å². The molecule has 1 heterocycles. The molecule has 1 aromatic heterocycles. The molecule has 0 spiro atoms. The molecule has 0 amide bonds. The van der Waals surface area contributed by atoms with Crippen molar-refractivity contribution in [1.29, 1.82) is 0 Å². The standard InChI is InChI=1S/C17H16N4O2/c1-22-14-9-5-6-12(10-14)21-16-15(18)17(20-11-19-16)23-13-7-3-2-4-8-13/h2-11H,18H2,1H3,(H,19,20,21). The molecule has 3 rings (SSSR count). The highest BCUT2D eigenvalue weighted by molar-refractivity contribution is 5.72. The maximum Gasteiger partial charge on any atom is 0.248 e. The minimum absolute atomic E-state index is 0.302. The molecule has 3 aromatic rings. The van der Waals surface area contributed by atoms with E-state index in [1.54, 1.807) is 7.11 Å². The molecule has 116 valence electrons. The average Bonchev–Trinajstić information content (AvgIpc) is 2.59. The molecule has 0 saturated carbocycles. The molecule has 0 bridgehead atoms. The number of nitrogens with one attached hydrogen (secondary N) is 1. The third kappa shape index (κ3) is 3.49. The van der Waals surface area contributed by atoms with Crippen LogP contribution in [0.1, 0.15) is 0 Å². The van der Waals surface area contributed by atoms with Crippen molar-refractivity contribution in [2.75, 3.05) is 18.2 Å². The molecule has 0 aliphatic rings. The van der Waals surface area contributed by atoms with Crippen molar-refractivity contribution in [3.05, 3.63) is 60.9 Å². The predicted octanol–water partition coefficient (Wildman–Crippen LogP) is 3.60. The number of nitrogens with zero attached hydrogens (tertiary/aromatic N) is 2. The molecule has 0 fully saturated rings. The van der Waals surface area contributed by atoms with Crippen LogP contribution in [0.15, 0.2) is 60.9 Å². The smallest absolute Gasteiger partial charge is 0.248 e. The van der Waals surface area contributed by atoms with Gasteiger partial charge >= 0.3 is 0 Å². The van der Waals surface area contributed by atoms with Gasteiger partial charge in [-0.1, -0.05) is 24.3 Å². The van der Waals surface area contributed by atoms with Crippen LogP contribution in [0, 0.1) is 0 Å². The average molecular weight is 308 g/mol. The van der Waals surface area contributed by atoms with E-state index in [4.69, 9.17) is 15.2 Å². The number of anilines is 3. The number of hydrogen-bond acceptors (Lipinski definition) is 6. The summed E-state index contributed by atoms with van der Waals surface area (Å²) < 4.78 is 10.9. The summed E-state index contributed by atoms with van der Waals surface area (Å²) in [6.07, 6.45) is 1.40. The van der Waals surface area contributed by atoms with Gasteiger partial charge in [0.05, 0.1) is 7.11 Å². The number of aromatic nitrogens is 2. The van der Waals surface area contributed by atoms with Crippen molar-refractivity contribution in [1.82, 2.24) is 9.97 Å². The van der Waals surface area contributed by atoms with Crippen molar-refractivity contribution in [2.45, 2.75) is 0 Å². The molecule has 0 unspecified atom stereocenters. The van der Waals surface area contributed by atoms with Crippen LogP contribution in [0.2, 0.25) is 0 Å². The van der Waals surface area contributed by atoms with Crippen molar-refractivity contribution >= 4 is 17.2 Å². The second kappa shape index (κ2) is 6.65. The Bertz CT molecular complexity index is 794. The van der Waals surface area contributed by atoms with E-state index in [1.807, 2.05) is 54.6 Å². The molecule has 0 aliphatic heterocycles. The number of nitrogens with two attached hydrogens (primary N) is 1. The fourth-order valence-electron chi connectivity index (χ4n) is 2.00. The third-order valence-corrected chi connectivity index (χ3v) is 3.14. The number of rotatable bonds is 5. The van der Waals surface area contributed by atoms with Gasteiger partial charge < -0.3 is 20.5 Å². The zero-order valence-electron chi connectivity index (χ0n) is 12.6. The highest BCUT2D eigenvalue weighted by Gasteiger charge is 2.10. The first-order valence-corrected chi connectivity index (χ1v) is 7.00. The quantitative estimate of drug-likeness (QED) is 0.749. The van der Waals surface area contributed by atoms with Crippen LogP contribution < -0.4 is 20.5 Å². The number of para-hydroxylation sites is 1. The second-order valence-electron chi connectivity index (χ2n) is 4.71. The van der Waals surface area contributed by atoms with Crippen LogP contribution >= 0.6 is 0 Å². The van der Waals surface area contributed by atoms with E-state index in [1.165, 1.54) is 6.33 Å². The molecular formula is C17H16N4O2. The number of ether oxygens (including phenoxy) is 2. The van der Waals surface area contributed by atoms with Crippen LogP contribution in [0.3, 0.4) is 0 Å². The number of benzene rings is 2. The van der Waals surface area contributed by atoms with Gasteiger partial charge in [-0.25, -0.2) is 4.98 Å². The van der Waals surface area contributed by atoms with Crippen LogP contribution in [0.25, 0.3) is 0 Å². The molecule has 0 radical (unpaired) electrons.